The number of ether oxygens (including phenoxy) is 1. The van der Waals surface area contributed by atoms with E-state index in [-0.39, 0.29) is 18.2 Å². The van der Waals surface area contributed by atoms with E-state index in [2.05, 4.69) is 0 Å². The zero-order valence-corrected chi connectivity index (χ0v) is 15.7. The molecule has 0 heterocycles. The molecule has 1 aliphatic carbocycles. The van der Waals surface area contributed by atoms with Crippen LogP contribution in [0.25, 0.3) is 0 Å². The fourth-order valence-corrected chi connectivity index (χ4v) is 3.30. The van der Waals surface area contributed by atoms with Gasteiger partial charge < -0.3 is 15.4 Å². The first-order chi connectivity index (χ1) is 11.3. The number of hydrogen-bond donors (Lipinski definition) is 1. The van der Waals surface area contributed by atoms with Crippen LogP contribution in [-0.4, -0.2) is 35.2 Å². The molecule has 4 nitrogen and oxygen atoms in total. The first-order valence-electron chi connectivity index (χ1n) is 8.76. The summed E-state index contributed by atoms with van der Waals surface area (Å²) in [7, 11) is 0. The summed E-state index contributed by atoms with van der Waals surface area (Å²) in [5, 5.41) is 0.742. The number of aryl methyl sites for hydroxylation is 1. The molecule has 134 valence electrons. The van der Waals surface area contributed by atoms with Crippen LogP contribution < -0.4 is 5.73 Å². The predicted molar refractivity (Wildman–Crippen MR) is 98.3 cm³/mol. The summed E-state index contributed by atoms with van der Waals surface area (Å²) in [5.74, 6) is 0. The summed E-state index contributed by atoms with van der Waals surface area (Å²) in [4.78, 5) is 14.5. The van der Waals surface area contributed by atoms with Gasteiger partial charge in [-0.15, -0.1) is 0 Å². The Kier molecular flexibility index (Phi) is 6.53. The van der Waals surface area contributed by atoms with E-state index in [9.17, 15) is 4.79 Å². The lowest BCUT2D eigenvalue weighted by atomic mass is 10.1. The van der Waals surface area contributed by atoms with E-state index in [0.717, 1.165) is 37.1 Å². The molecule has 1 fully saturated rings. The number of nitrogens with two attached hydrogens (primary N) is 1. The number of halogens is 1. The molecule has 0 radical (unpaired) electrons. The summed E-state index contributed by atoms with van der Waals surface area (Å²) >= 11 is 5.92. The Morgan fingerprint density at radius 2 is 1.96 bits per heavy atom. The molecule has 1 aliphatic rings. The molecule has 0 bridgehead atoms. The molecule has 1 amide bonds. The normalized spacial score (nSPS) is 20.9. The molecule has 24 heavy (non-hydrogen) atoms. The van der Waals surface area contributed by atoms with Gasteiger partial charge in [0.15, 0.2) is 0 Å². The number of benzene rings is 1. The quantitative estimate of drug-likeness (QED) is 0.855. The van der Waals surface area contributed by atoms with Crippen molar-refractivity contribution in [2.75, 3.05) is 6.54 Å². The smallest absolute Gasteiger partial charge is 0.410 e. The molecule has 1 aromatic rings. The van der Waals surface area contributed by atoms with Crippen molar-refractivity contribution in [2.45, 2.75) is 70.6 Å². The second-order valence-electron chi connectivity index (χ2n) is 7.57. The van der Waals surface area contributed by atoms with Crippen molar-refractivity contribution >= 4 is 17.7 Å². The third kappa shape index (κ3) is 5.67. The van der Waals surface area contributed by atoms with Crippen LogP contribution in [0, 0.1) is 0 Å². The van der Waals surface area contributed by atoms with E-state index < -0.39 is 5.60 Å². The number of carbonyl (C=O) groups is 1. The number of rotatable bonds is 5. The zero-order chi connectivity index (χ0) is 17.7. The standard InChI is InChI=1S/C19H29ClN2O2/c1-19(2,3)24-18(23)22(17-8-4-7-16(17)21)13-5-6-14-9-11-15(20)12-10-14/h9-12,16-17H,4-8,13,21H2,1-3H3. The Morgan fingerprint density at radius 1 is 1.29 bits per heavy atom. The maximum Gasteiger partial charge on any atom is 0.410 e. The summed E-state index contributed by atoms with van der Waals surface area (Å²) < 4.78 is 5.59. The van der Waals surface area contributed by atoms with Crippen molar-refractivity contribution in [2.24, 2.45) is 5.73 Å². The van der Waals surface area contributed by atoms with Gasteiger partial charge in [0.2, 0.25) is 0 Å². The molecule has 1 saturated carbocycles. The van der Waals surface area contributed by atoms with Crippen LogP contribution in [0.3, 0.4) is 0 Å². The minimum Gasteiger partial charge on any atom is -0.444 e. The number of hydrogen-bond acceptors (Lipinski definition) is 3. The summed E-state index contributed by atoms with van der Waals surface area (Å²) in [5.41, 5.74) is 6.95. The Bertz CT molecular complexity index is 539. The molecule has 0 aliphatic heterocycles. The van der Waals surface area contributed by atoms with Gasteiger partial charge in [-0.1, -0.05) is 23.7 Å². The van der Waals surface area contributed by atoms with Crippen LogP contribution in [0.15, 0.2) is 24.3 Å². The van der Waals surface area contributed by atoms with E-state index in [1.807, 2.05) is 49.9 Å². The largest absolute Gasteiger partial charge is 0.444 e. The van der Waals surface area contributed by atoms with Crippen molar-refractivity contribution in [3.63, 3.8) is 0 Å². The van der Waals surface area contributed by atoms with Gasteiger partial charge in [0.05, 0.1) is 6.04 Å². The highest BCUT2D eigenvalue weighted by Gasteiger charge is 2.34. The maximum atomic E-state index is 12.6. The van der Waals surface area contributed by atoms with Crippen LogP contribution in [0.2, 0.25) is 5.02 Å². The van der Waals surface area contributed by atoms with Crippen molar-refractivity contribution in [3.8, 4) is 0 Å². The van der Waals surface area contributed by atoms with Gasteiger partial charge in [-0.25, -0.2) is 4.79 Å². The average Bonchev–Trinajstić information content (AvgIpc) is 2.89. The van der Waals surface area contributed by atoms with Crippen molar-refractivity contribution < 1.29 is 9.53 Å². The summed E-state index contributed by atoms with van der Waals surface area (Å²) in [6.45, 7) is 6.35. The number of nitrogens with zero attached hydrogens (tertiary/aromatic N) is 1. The van der Waals surface area contributed by atoms with Crippen LogP contribution >= 0.6 is 11.6 Å². The lowest BCUT2D eigenvalue weighted by Crippen LogP contribution is -2.49. The molecule has 0 spiro atoms. The lowest BCUT2D eigenvalue weighted by Gasteiger charge is -2.33. The van der Waals surface area contributed by atoms with Crippen LogP contribution in [0.5, 0.6) is 0 Å². The van der Waals surface area contributed by atoms with Crippen LogP contribution in [0.1, 0.15) is 52.0 Å². The van der Waals surface area contributed by atoms with Crippen molar-refractivity contribution in [1.29, 1.82) is 0 Å². The molecule has 5 heteroatoms. The van der Waals surface area contributed by atoms with Gasteiger partial charge in [-0.3, -0.25) is 0 Å². The van der Waals surface area contributed by atoms with E-state index in [1.165, 1.54) is 5.56 Å². The maximum absolute atomic E-state index is 12.6. The molecule has 2 rings (SSSR count). The first-order valence-corrected chi connectivity index (χ1v) is 9.14. The second kappa shape index (κ2) is 8.21. The SMILES string of the molecule is CC(C)(C)OC(=O)N(CCCc1ccc(Cl)cc1)C1CCCC1N. The molecule has 0 aromatic heterocycles. The first kappa shape index (κ1) is 19.1. The van der Waals surface area contributed by atoms with E-state index >= 15 is 0 Å². The van der Waals surface area contributed by atoms with Gasteiger partial charge in [-0.2, -0.15) is 0 Å². The lowest BCUT2D eigenvalue weighted by molar-refractivity contribution is 0.0148. The Balaban J connectivity index is 1.97. The molecule has 2 N–H and O–H groups in total. The molecule has 2 atom stereocenters. The third-order valence-electron chi connectivity index (χ3n) is 4.34. The fraction of sp³-hybridized carbons (Fsp3) is 0.632. The van der Waals surface area contributed by atoms with E-state index in [0.29, 0.717) is 6.54 Å². The average molecular weight is 353 g/mol. The molecule has 0 saturated heterocycles. The zero-order valence-electron chi connectivity index (χ0n) is 14.9. The highest BCUT2D eigenvalue weighted by Crippen LogP contribution is 2.25. The minimum atomic E-state index is -0.492. The second-order valence-corrected chi connectivity index (χ2v) is 8.00. The van der Waals surface area contributed by atoms with Crippen LogP contribution in [0.4, 0.5) is 4.79 Å². The third-order valence-corrected chi connectivity index (χ3v) is 4.59. The molecule has 2 unspecified atom stereocenters. The van der Waals surface area contributed by atoms with Crippen molar-refractivity contribution in [1.82, 2.24) is 4.90 Å². The Morgan fingerprint density at radius 3 is 2.50 bits per heavy atom. The van der Waals surface area contributed by atoms with Gasteiger partial charge in [0.25, 0.3) is 0 Å². The molecule has 1 aromatic carbocycles. The Hall–Kier alpha value is -1.26. The van der Waals surface area contributed by atoms with Gasteiger partial charge in [-0.05, 0) is 70.6 Å². The van der Waals surface area contributed by atoms with Crippen molar-refractivity contribution in [3.05, 3.63) is 34.9 Å². The number of carbonyl (C=O) groups excluding carboxylic acids is 1. The van der Waals surface area contributed by atoms with E-state index in [4.69, 9.17) is 22.1 Å². The summed E-state index contributed by atoms with van der Waals surface area (Å²) in [6.07, 6.45) is 4.54. The van der Waals surface area contributed by atoms with Gasteiger partial charge in [0, 0.05) is 17.6 Å². The monoisotopic (exact) mass is 352 g/mol. The highest BCUT2D eigenvalue weighted by atomic mass is 35.5. The molecular weight excluding hydrogens is 324 g/mol. The Labute approximate surface area is 150 Å². The highest BCUT2D eigenvalue weighted by molar-refractivity contribution is 6.30. The number of amides is 1. The fourth-order valence-electron chi connectivity index (χ4n) is 3.17. The van der Waals surface area contributed by atoms with Gasteiger partial charge in [0.1, 0.15) is 5.60 Å². The topological polar surface area (TPSA) is 55.6 Å². The molecular formula is C19H29ClN2O2. The minimum absolute atomic E-state index is 0.0491. The van der Waals surface area contributed by atoms with E-state index in [1.54, 1.807) is 0 Å². The van der Waals surface area contributed by atoms with Gasteiger partial charge >= 0.3 is 6.09 Å². The predicted octanol–water partition coefficient (Wildman–Crippen LogP) is 4.39. The van der Waals surface area contributed by atoms with Crippen LogP contribution in [-0.2, 0) is 11.2 Å². The summed E-state index contributed by atoms with van der Waals surface area (Å²) in [6, 6.07) is 7.99.